The van der Waals surface area contributed by atoms with Gasteiger partial charge < -0.3 is 14.8 Å². The summed E-state index contributed by atoms with van der Waals surface area (Å²) in [5, 5.41) is 11.3. The first-order valence-electron chi connectivity index (χ1n) is 6.08. The number of fused-ring (bicyclic) bond motifs is 1. The highest BCUT2D eigenvalue weighted by atomic mass is 16.4. The van der Waals surface area contributed by atoms with Gasteiger partial charge in [0, 0.05) is 20.0 Å². The van der Waals surface area contributed by atoms with Crippen LogP contribution in [0.5, 0.6) is 0 Å². The summed E-state index contributed by atoms with van der Waals surface area (Å²) >= 11 is 0. The Kier molecular flexibility index (Phi) is 4.01. The molecule has 0 aliphatic rings. The molecule has 0 unspecified atom stereocenters. The van der Waals surface area contributed by atoms with Gasteiger partial charge in [-0.1, -0.05) is 6.07 Å². The Labute approximate surface area is 109 Å². The SMILES string of the molecule is Cn1c(=O)oc2ccc(CCNC(=O)CCO)cc21. The van der Waals surface area contributed by atoms with Gasteiger partial charge in [0.15, 0.2) is 5.58 Å². The molecule has 0 saturated carbocycles. The van der Waals surface area contributed by atoms with E-state index in [0.29, 0.717) is 18.5 Å². The third kappa shape index (κ3) is 3.03. The first kappa shape index (κ1) is 13.4. The minimum absolute atomic E-state index is 0.120. The van der Waals surface area contributed by atoms with E-state index in [9.17, 15) is 9.59 Å². The molecule has 6 heteroatoms. The summed E-state index contributed by atoms with van der Waals surface area (Å²) in [6.07, 6.45) is 0.780. The van der Waals surface area contributed by atoms with Crippen LogP contribution in [0.15, 0.2) is 27.4 Å². The van der Waals surface area contributed by atoms with E-state index in [1.165, 1.54) is 4.57 Å². The second kappa shape index (κ2) is 5.71. The molecule has 1 heterocycles. The van der Waals surface area contributed by atoms with Crippen molar-refractivity contribution in [3.8, 4) is 0 Å². The predicted octanol–water partition coefficient (Wildman–Crippen LogP) is 0.173. The summed E-state index contributed by atoms with van der Waals surface area (Å²) in [5.74, 6) is -0.553. The molecule has 1 amide bonds. The number of carbonyl (C=O) groups excluding carboxylic acids is 1. The topological polar surface area (TPSA) is 84.5 Å². The van der Waals surface area contributed by atoms with Crippen molar-refractivity contribution in [3.63, 3.8) is 0 Å². The smallest absolute Gasteiger partial charge is 0.408 e. The van der Waals surface area contributed by atoms with E-state index in [0.717, 1.165) is 11.1 Å². The van der Waals surface area contributed by atoms with Gasteiger partial charge in [0.2, 0.25) is 5.91 Å². The zero-order valence-corrected chi connectivity index (χ0v) is 10.7. The second-order valence-corrected chi connectivity index (χ2v) is 4.30. The van der Waals surface area contributed by atoms with Crippen molar-refractivity contribution in [3.05, 3.63) is 34.3 Å². The maximum Gasteiger partial charge on any atom is 0.419 e. The number of nitrogens with zero attached hydrogens (tertiary/aromatic N) is 1. The number of aliphatic hydroxyl groups is 1. The van der Waals surface area contributed by atoms with Crippen molar-refractivity contribution in [1.29, 1.82) is 0 Å². The van der Waals surface area contributed by atoms with Gasteiger partial charge in [0.1, 0.15) is 0 Å². The van der Waals surface area contributed by atoms with Crippen molar-refractivity contribution in [2.75, 3.05) is 13.2 Å². The summed E-state index contributed by atoms with van der Waals surface area (Å²) in [6.45, 7) is 0.352. The predicted molar refractivity (Wildman–Crippen MR) is 69.9 cm³/mol. The van der Waals surface area contributed by atoms with Crippen LogP contribution >= 0.6 is 0 Å². The lowest BCUT2D eigenvalue weighted by molar-refractivity contribution is -0.121. The Balaban J connectivity index is 2.03. The fourth-order valence-electron chi connectivity index (χ4n) is 1.86. The van der Waals surface area contributed by atoms with Crippen LogP contribution in [-0.2, 0) is 18.3 Å². The average Bonchev–Trinajstić information content (AvgIpc) is 2.66. The van der Waals surface area contributed by atoms with Crippen LogP contribution in [0.4, 0.5) is 0 Å². The van der Waals surface area contributed by atoms with E-state index in [-0.39, 0.29) is 24.7 Å². The van der Waals surface area contributed by atoms with E-state index in [4.69, 9.17) is 9.52 Å². The number of rotatable bonds is 5. The highest BCUT2D eigenvalue weighted by Crippen LogP contribution is 2.14. The largest absolute Gasteiger partial charge is 0.419 e. The standard InChI is InChI=1S/C13H16N2O4/c1-15-10-8-9(2-3-11(10)19-13(15)18)4-6-14-12(17)5-7-16/h2-3,8,16H,4-7H2,1H3,(H,14,17). The molecule has 0 atom stereocenters. The van der Waals surface area contributed by atoms with Gasteiger partial charge in [0.25, 0.3) is 0 Å². The Morgan fingerprint density at radius 3 is 3.00 bits per heavy atom. The van der Waals surface area contributed by atoms with Crippen molar-refractivity contribution in [1.82, 2.24) is 9.88 Å². The summed E-state index contributed by atoms with van der Waals surface area (Å²) in [5.41, 5.74) is 2.30. The number of aliphatic hydroxyl groups excluding tert-OH is 1. The molecule has 0 spiro atoms. The third-order valence-electron chi connectivity index (χ3n) is 2.93. The Morgan fingerprint density at radius 1 is 1.47 bits per heavy atom. The number of carbonyl (C=O) groups is 1. The van der Waals surface area contributed by atoms with Crippen molar-refractivity contribution in [2.45, 2.75) is 12.8 Å². The van der Waals surface area contributed by atoms with E-state index < -0.39 is 0 Å². The zero-order valence-electron chi connectivity index (χ0n) is 10.7. The molecule has 1 aromatic heterocycles. The number of hydrogen-bond donors (Lipinski definition) is 2. The van der Waals surface area contributed by atoms with Crippen LogP contribution in [0.25, 0.3) is 11.1 Å². The maximum absolute atomic E-state index is 11.3. The molecular formula is C13H16N2O4. The van der Waals surface area contributed by atoms with Gasteiger partial charge in [0.05, 0.1) is 12.1 Å². The van der Waals surface area contributed by atoms with E-state index in [1.54, 1.807) is 13.1 Å². The number of nitrogens with one attached hydrogen (secondary N) is 1. The number of aryl methyl sites for hydroxylation is 1. The summed E-state index contributed by atoms with van der Waals surface area (Å²) in [4.78, 5) is 22.5. The molecule has 2 aromatic rings. The molecule has 2 N–H and O–H groups in total. The summed E-state index contributed by atoms with van der Waals surface area (Å²) in [7, 11) is 1.65. The lowest BCUT2D eigenvalue weighted by Gasteiger charge is -2.04. The van der Waals surface area contributed by atoms with Crippen molar-refractivity contribution in [2.24, 2.45) is 7.05 Å². The van der Waals surface area contributed by atoms with Crippen LogP contribution in [0, 0.1) is 0 Å². The molecular weight excluding hydrogens is 248 g/mol. The molecule has 102 valence electrons. The van der Waals surface area contributed by atoms with Crippen LogP contribution in [-0.4, -0.2) is 28.7 Å². The quantitative estimate of drug-likeness (QED) is 0.806. The Hall–Kier alpha value is -2.08. The Bertz CT molecular complexity index is 642. The molecule has 0 fully saturated rings. The van der Waals surface area contributed by atoms with E-state index >= 15 is 0 Å². The van der Waals surface area contributed by atoms with E-state index in [2.05, 4.69) is 5.32 Å². The Morgan fingerprint density at radius 2 is 2.26 bits per heavy atom. The number of amides is 1. The van der Waals surface area contributed by atoms with Gasteiger partial charge in [-0.2, -0.15) is 0 Å². The first-order valence-corrected chi connectivity index (χ1v) is 6.08. The lowest BCUT2D eigenvalue weighted by atomic mass is 10.1. The van der Waals surface area contributed by atoms with Gasteiger partial charge in [-0.25, -0.2) is 4.79 Å². The van der Waals surface area contributed by atoms with E-state index in [1.807, 2.05) is 12.1 Å². The third-order valence-corrected chi connectivity index (χ3v) is 2.93. The summed E-state index contributed by atoms with van der Waals surface area (Å²) < 4.78 is 6.49. The van der Waals surface area contributed by atoms with Gasteiger partial charge in [-0.15, -0.1) is 0 Å². The summed E-state index contributed by atoms with van der Waals surface area (Å²) in [6, 6.07) is 5.49. The molecule has 1 aromatic carbocycles. The fourth-order valence-corrected chi connectivity index (χ4v) is 1.86. The van der Waals surface area contributed by atoms with Crippen LogP contribution in [0.2, 0.25) is 0 Å². The van der Waals surface area contributed by atoms with Crippen molar-refractivity contribution < 1.29 is 14.3 Å². The zero-order chi connectivity index (χ0) is 13.8. The highest BCUT2D eigenvalue weighted by molar-refractivity contribution is 5.76. The normalized spacial score (nSPS) is 10.8. The second-order valence-electron chi connectivity index (χ2n) is 4.30. The molecule has 0 aliphatic heterocycles. The number of aromatic nitrogens is 1. The maximum atomic E-state index is 11.3. The highest BCUT2D eigenvalue weighted by Gasteiger charge is 2.06. The number of benzene rings is 1. The fraction of sp³-hybridized carbons (Fsp3) is 0.385. The first-order chi connectivity index (χ1) is 9.11. The molecule has 0 radical (unpaired) electrons. The molecule has 0 saturated heterocycles. The number of oxazole rings is 1. The van der Waals surface area contributed by atoms with Crippen LogP contribution in [0.3, 0.4) is 0 Å². The monoisotopic (exact) mass is 264 g/mol. The molecule has 19 heavy (non-hydrogen) atoms. The minimum atomic E-state index is -0.386. The molecule has 0 bridgehead atoms. The minimum Gasteiger partial charge on any atom is -0.408 e. The molecule has 0 aliphatic carbocycles. The number of hydrogen-bond acceptors (Lipinski definition) is 4. The van der Waals surface area contributed by atoms with Gasteiger partial charge >= 0.3 is 5.76 Å². The average molecular weight is 264 g/mol. The van der Waals surface area contributed by atoms with Crippen LogP contribution in [0.1, 0.15) is 12.0 Å². The van der Waals surface area contributed by atoms with Gasteiger partial charge in [-0.3, -0.25) is 9.36 Å². The van der Waals surface area contributed by atoms with Gasteiger partial charge in [-0.05, 0) is 24.1 Å². The van der Waals surface area contributed by atoms with Crippen LogP contribution < -0.4 is 11.1 Å². The molecule has 2 rings (SSSR count). The van der Waals surface area contributed by atoms with Crippen molar-refractivity contribution >= 4 is 17.0 Å². The molecule has 6 nitrogen and oxygen atoms in total. The lowest BCUT2D eigenvalue weighted by Crippen LogP contribution is -2.26.